The van der Waals surface area contributed by atoms with Crippen LogP contribution in [0.1, 0.15) is 79.8 Å². The van der Waals surface area contributed by atoms with E-state index in [0.717, 1.165) is 48.3 Å². The first-order valence-corrected chi connectivity index (χ1v) is 19.1. The van der Waals surface area contributed by atoms with Crippen molar-refractivity contribution in [2.45, 2.75) is 58.3 Å². The van der Waals surface area contributed by atoms with Gasteiger partial charge in [-0.1, -0.05) is 43.3 Å². The fraction of sp³-hybridized carbons (Fsp3) is 0.452. The number of quaternary nitrogens is 1. The van der Waals surface area contributed by atoms with Crippen LogP contribution in [0.4, 0.5) is 5.69 Å². The Labute approximate surface area is 325 Å². The molecule has 1 heterocycles. The molecule has 2 aromatic carbocycles. The smallest absolute Gasteiger partial charge is 0.219 e. The van der Waals surface area contributed by atoms with Gasteiger partial charge in [0.05, 0.1) is 26.1 Å². The Bertz CT molecular complexity index is 1710. The van der Waals surface area contributed by atoms with Crippen molar-refractivity contribution in [1.29, 1.82) is 0 Å². The van der Waals surface area contributed by atoms with Crippen LogP contribution in [0.5, 0.6) is 5.75 Å². The van der Waals surface area contributed by atoms with Crippen LogP contribution in [0.25, 0.3) is 5.57 Å². The first-order chi connectivity index (χ1) is 26.4. The fourth-order valence-electron chi connectivity index (χ4n) is 6.40. The van der Waals surface area contributed by atoms with Gasteiger partial charge >= 0.3 is 0 Å². The number of benzene rings is 2. The summed E-state index contributed by atoms with van der Waals surface area (Å²) in [6.45, 7) is 5.26. The molecule has 2 aromatic rings. The number of nitrogens with one attached hydrogen (secondary N) is 5. The van der Waals surface area contributed by atoms with Crippen molar-refractivity contribution in [3.8, 4) is 5.75 Å². The Morgan fingerprint density at radius 2 is 1.27 bits per heavy atom. The lowest BCUT2D eigenvalue weighted by Crippen LogP contribution is -3.09. The summed E-state index contributed by atoms with van der Waals surface area (Å²) in [5, 5.41) is 22.5. The summed E-state index contributed by atoms with van der Waals surface area (Å²) in [6.07, 6.45) is 11.1. The number of rotatable bonds is 19. The number of carboxylic acids is 1. The van der Waals surface area contributed by atoms with E-state index in [1.807, 2.05) is 36.4 Å². The van der Waals surface area contributed by atoms with Crippen LogP contribution in [0, 0.1) is 5.92 Å². The highest BCUT2D eigenvalue weighted by Gasteiger charge is 2.28. The molecule has 1 aliphatic heterocycles. The largest absolute Gasteiger partial charge is 0.545 e. The number of carboxylic acid groups (broad SMARTS) is 1. The number of hydrogen-bond donors (Lipinski definition) is 5. The van der Waals surface area contributed by atoms with Gasteiger partial charge in [-0.15, -0.1) is 0 Å². The van der Waals surface area contributed by atoms with Gasteiger partial charge in [-0.05, 0) is 42.5 Å². The van der Waals surface area contributed by atoms with Gasteiger partial charge in [0.2, 0.25) is 23.6 Å². The van der Waals surface area contributed by atoms with Crippen LogP contribution in [0.15, 0.2) is 72.0 Å². The molecular weight excluding hydrogens is 700 g/mol. The van der Waals surface area contributed by atoms with Gasteiger partial charge in [0.1, 0.15) is 11.5 Å². The molecule has 0 saturated heterocycles. The van der Waals surface area contributed by atoms with Crippen molar-refractivity contribution >= 4 is 40.9 Å². The average molecular weight is 759 g/mol. The minimum absolute atomic E-state index is 0.0191. The SMILES string of the molecule is CNC(=O)CCCN(CCCC(=O)NC)c1ccc2c(c1)OC1=CC(C)C=CC1=C2c1ccccc1C(=O)[O-].CNC(=O)CCC[NH+](C)CCCC(=O)NC. The van der Waals surface area contributed by atoms with Crippen molar-refractivity contribution in [2.75, 3.05) is 66.3 Å². The second-order valence-corrected chi connectivity index (χ2v) is 13.7. The maximum atomic E-state index is 12.0. The fourth-order valence-corrected chi connectivity index (χ4v) is 6.40. The van der Waals surface area contributed by atoms with Gasteiger partial charge < -0.3 is 45.7 Å². The van der Waals surface area contributed by atoms with E-state index in [4.69, 9.17) is 4.74 Å². The highest BCUT2D eigenvalue weighted by Crippen LogP contribution is 2.45. The van der Waals surface area contributed by atoms with Crippen LogP contribution < -0.4 is 40.9 Å². The van der Waals surface area contributed by atoms with E-state index in [0.29, 0.717) is 68.7 Å². The molecule has 0 bridgehead atoms. The molecule has 13 nitrogen and oxygen atoms in total. The lowest BCUT2D eigenvalue weighted by Gasteiger charge is -2.31. The third-order valence-electron chi connectivity index (χ3n) is 9.55. The Balaban J connectivity index is 0.000000429. The zero-order chi connectivity index (χ0) is 40.3. The van der Waals surface area contributed by atoms with Gasteiger partial charge in [0, 0.05) is 114 Å². The molecule has 0 saturated carbocycles. The number of fused-ring (bicyclic) bond motifs is 2. The molecule has 5 N–H and O–H groups in total. The number of aromatic carboxylic acids is 1. The van der Waals surface area contributed by atoms with Crippen LogP contribution in [0.3, 0.4) is 0 Å². The van der Waals surface area contributed by atoms with Crippen molar-refractivity contribution < 1.29 is 38.7 Å². The number of ether oxygens (including phenoxy) is 1. The predicted octanol–water partition coefficient (Wildman–Crippen LogP) is 1.75. The molecule has 4 rings (SSSR count). The van der Waals surface area contributed by atoms with Crippen molar-refractivity contribution in [1.82, 2.24) is 21.3 Å². The summed E-state index contributed by atoms with van der Waals surface area (Å²) >= 11 is 0. The van der Waals surface area contributed by atoms with Gasteiger partial charge in [0.15, 0.2) is 0 Å². The molecule has 2 aliphatic rings. The highest BCUT2D eigenvalue weighted by atomic mass is 16.5. The lowest BCUT2D eigenvalue weighted by molar-refractivity contribution is -0.879. The number of amides is 4. The molecule has 1 aliphatic carbocycles. The summed E-state index contributed by atoms with van der Waals surface area (Å²) in [5.41, 5.74) is 3.99. The standard InChI is InChI=1S/C31H35N3O5.C11H23N3O2/c1-20-12-14-24-26(18-20)39-27-19-21(34(16-6-10-28(35)32-2)17-7-11-29(36)33-3)13-15-25(27)30(24)22-8-4-5-9-23(22)31(37)38;1-12-10(15)6-4-8-14(3)9-5-7-11(16)13-2/h4-5,8-9,12-15,18-20H,6-7,10-11,16-17H2,1-3H3,(H,32,35)(H,33,36)(H,37,38);4-9H2,1-3H3,(H,12,15)(H,13,16). The molecule has 0 spiro atoms. The summed E-state index contributed by atoms with van der Waals surface area (Å²) in [7, 11) is 8.65. The molecule has 4 amide bonds. The molecule has 1 atom stereocenters. The van der Waals surface area contributed by atoms with E-state index in [1.54, 1.807) is 46.4 Å². The molecule has 55 heavy (non-hydrogen) atoms. The number of allylic oxidation sites excluding steroid dienone is 3. The highest BCUT2D eigenvalue weighted by molar-refractivity contribution is 6.00. The monoisotopic (exact) mass is 758 g/mol. The van der Waals surface area contributed by atoms with E-state index in [9.17, 15) is 29.1 Å². The molecule has 0 aromatic heterocycles. The van der Waals surface area contributed by atoms with Crippen molar-refractivity contribution in [2.24, 2.45) is 5.92 Å². The van der Waals surface area contributed by atoms with E-state index in [1.165, 1.54) is 4.90 Å². The van der Waals surface area contributed by atoms with E-state index < -0.39 is 5.97 Å². The minimum atomic E-state index is -1.24. The third-order valence-corrected chi connectivity index (χ3v) is 9.55. The van der Waals surface area contributed by atoms with E-state index in [-0.39, 0.29) is 35.1 Å². The quantitative estimate of drug-likeness (QED) is 0.144. The zero-order valence-corrected chi connectivity index (χ0v) is 33.1. The van der Waals surface area contributed by atoms with E-state index >= 15 is 0 Å². The normalized spacial score (nSPS) is 13.9. The number of hydrogen-bond acceptors (Lipinski definition) is 8. The number of carbonyl (C=O) groups is 5. The Hall–Kier alpha value is -5.43. The number of anilines is 1. The lowest BCUT2D eigenvalue weighted by atomic mass is 9.84. The van der Waals surface area contributed by atoms with Crippen LogP contribution in [-0.4, -0.2) is 91.0 Å². The van der Waals surface area contributed by atoms with Crippen LogP contribution in [-0.2, 0) is 19.2 Å². The Morgan fingerprint density at radius 3 is 1.80 bits per heavy atom. The van der Waals surface area contributed by atoms with Gasteiger partial charge in [-0.25, -0.2) is 0 Å². The number of nitrogens with zero attached hydrogens (tertiary/aromatic N) is 1. The maximum absolute atomic E-state index is 12.0. The average Bonchev–Trinajstić information content (AvgIpc) is 3.18. The second kappa shape index (κ2) is 22.7. The van der Waals surface area contributed by atoms with Crippen molar-refractivity contribution in [3.05, 3.63) is 88.7 Å². The number of carbonyl (C=O) groups excluding carboxylic acids is 5. The second-order valence-electron chi connectivity index (χ2n) is 13.7. The predicted molar refractivity (Wildman–Crippen MR) is 212 cm³/mol. The van der Waals surface area contributed by atoms with Gasteiger partial charge in [-0.3, -0.25) is 19.2 Å². The Kier molecular flexibility index (Phi) is 18.2. The maximum Gasteiger partial charge on any atom is 0.219 e. The molecule has 13 heteroatoms. The topological polar surface area (TPSA) is 173 Å². The van der Waals surface area contributed by atoms with Crippen LogP contribution in [0.2, 0.25) is 0 Å². The van der Waals surface area contributed by atoms with Crippen LogP contribution >= 0.6 is 0 Å². The summed E-state index contributed by atoms with van der Waals surface area (Å²) in [5.74, 6) is 0.386. The molecular formula is C42H58N6O7. The molecule has 0 fully saturated rings. The first kappa shape index (κ1) is 44.0. The first-order valence-electron chi connectivity index (χ1n) is 19.1. The third kappa shape index (κ3) is 13.7. The summed E-state index contributed by atoms with van der Waals surface area (Å²) < 4.78 is 6.40. The van der Waals surface area contributed by atoms with Crippen molar-refractivity contribution in [3.63, 3.8) is 0 Å². The minimum Gasteiger partial charge on any atom is -0.545 e. The molecule has 1 unspecified atom stereocenters. The van der Waals surface area contributed by atoms with E-state index in [2.05, 4.69) is 46.2 Å². The summed E-state index contributed by atoms with van der Waals surface area (Å²) in [6, 6.07) is 12.7. The zero-order valence-electron chi connectivity index (χ0n) is 33.1. The summed E-state index contributed by atoms with van der Waals surface area (Å²) in [4.78, 5) is 61.1. The molecule has 0 radical (unpaired) electrons. The van der Waals surface area contributed by atoms with Gasteiger partial charge in [0.25, 0.3) is 0 Å². The molecule has 298 valence electrons. The van der Waals surface area contributed by atoms with Gasteiger partial charge in [-0.2, -0.15) is 0 Å². The Morgan fingerprint density at radius 1 is 0.745 bits per heavy atom.